The van der Waals surface area contributed by atoms with Crippen molar-refractivity contribution in [2.24, 2.45) is 5.73 Å². The number of carbonyl (C=O) groups is 1. The van der Waals surface area contributed by atoms with Crippen LogP contribution in [-0.4, -0.2) is 81.6 Å². The van der Waals surface area contributed by atoms with Crippen molar-refractivity contribution in [3.63, 3.8) is 0 Å². The molecule has 2 rings (SSSR count). The minimum atomic E-state index is -0.117. The first-order chi connectivity index (χ1) is 16.1. The van der Waals surface area contributed by atoms with Gasteiger partial charge in [0.05, 0.1) is 58.5 Å². The summed E-state index contributed by atoms with van der Waals surface area (Å²) >= 11 is 0. The van der Waals surface area contributed by atoms with E-state index in [9.17, 15) is 4.79 Å². The van der Waals surface area contributed by atoms with E-state index in [1.165, 1.54) is 0 Å². The molecule has 0 saturated heterocycles. The molecule has 1 unspecified atom stereocenters. The monoisotopic (exact) mass is 462 g/mol. The summed E-state index contributed by atoms with van der Waals surface area (Å²) in [6.45, 7) is 9.40. The third-order valence-corrected chi connectivity index (χ3v) is 4.92. The second kappa shape index (κ2) is 16.3. The summed E-state index contributed by atoms with van der Waals surface area (Å²) in [6.07, 6.45) is 4.71. The Balaban J connectivity index is 1.47. The van der Waals surface area contributed by atoms with Gasteiger partial charge in [-0.25, -0.2) is 0 Å². The molecule has 9 heteroatoms. The van der Waals surface area contributed by atoms with E-state index in [2.05, 4.69) is 17.3 Å². The maximum Gasteiger partial charge on any atom is 0.251 e. The maximum absolute atomic E-state index is 12.3. The molecule has 9 nitrogen and oxygen atoms in total. The van der Waals surface area contributed by atoms with Gasteiger partial charge in [0, 0.05) is 24.9 Å². The fraction of sp³-hybridized carbons (Fsp3) is 0.583. The number of nitrogens with one attached hydrogen (secondary N) is 1. The molecular weight excluding hydrogens is 424 g/mol. The molecule has 1 aromatic carbocycles. The third kappa shape index (κ3) is 10.9. The summed E-state index contributed by atoms with van der Waals surface area (Å²) in [6, 6.07) is 7.70. The van der Waals surface area contributed by atoms with Crippen LogP contribution < -0.4 is 11.1 Å². The van der Waals surface area contributed by atoms with Crippen LogP contribution in [0.1, 0.15) is 40.9 Å². The summed E-state index contributed by atoms with van der Waals surface area (Å²) < 4.78 is 23.6. The first kappa shape index (κ1) is 26.9. The first-order valence-electron chi connectivity index (χ1n) is 11.5. The second-order valence-corrected chi connectivity index (χ2v) is 7.64. The average Bonchev–Trinajstić information content (AvgIpc) is 3.27. The van der Waals surface area contributed by atoms with Crippen LogP contribution in [0.2, 0.25) is 0 Å². The highest BCUT2D eigenvalue weighted by Gasteiger charge is 2.10. The molecule has 1 aromatic heterocycles. The van der Waals surface area contributed by atoms with E-state index in [0.29, 0.717) is 71.5 Å². The normalized spacial score (nSPS) is 12.1. The molecule has 2 aromatic rings. The highest BCUT2D eigenvalue weighted by Crippen LogP contribution is 2.18. The topological polar surface area (TPSA) is 110 Å². The molecule has 3 N–H and O–H groups in total. The van der Waals surface area contributed by atoms with Gasteiger partial charge in [0.2, 0.25) is 0 Å². The summed E-state index contributed by atoms with van der Waals surface area (Å²) in [5.41, 5.74) is 8.22. The van der Waals surface area contributed by atoms with E-state index in [1.807, 2.05) is 48.3 Å². The van der Waals surface area contributed by atoms with E-state index in [-0.39, 0.29) is 11.9 Å². The number of carbonyl (C=O) groups excluding carboxylic acids is 1. The molecule has 0 fully saturated rings. The molecular formula is C24H38N4O5. The van der Waals surface area contributed by atoms with Crippen molar-refractivity contribution in [3.8, 4) is 0 Å². The van der Waals surface area contributed by atoms with Crippen molar-refractivity contribution in [2.75, 3.05) is 65.9 Å². The van der Waals surface area contributed by atoms with Crippen molar-refractivity contribution in [1.29, 1.82) is 0 Å². The molecule has 33 heavy (non-hydrogen) atoms. The van der Waals surface area contributed by atoms with Gasteiger partial charge in [-0.05, 0) is 50.1 Å². The van der Waals surface area contributed by atoms with Gasteiger partial charge in [0.25, 0.3) is 5.91 Å². The fourth-order valence-electron chi connectivity index (χ4n) is 3.00. The van der Waals surface area contributed by atoms with Gasteiger partial charge >= 0.3 is 0 Å². The smallest absolute Gasteiger partial charge is 0.251 e. The number of aromatic nitrogens is 2. The number of amides is 1. The van der Waals surface area contributed by atoms with Gasteiger partial charge in [0.1, 0.15) is 0 Å². The highest BCUT2D eigenvalue weighted by atomic mass is 16.6. The van der Waals surface area contributed by atoms with Crippen molar-refractivity contribution >= 4 is 5.91 Å². The Labute approximate surface area is 196 Å². The predicted octanol–water partition coefficient (Wildman–Crippen LogP) is 1.95. The zero-order valence-corrected chi connectivity index (χ0v) is 19.8. The zero-order chi connectivity index (χ0) is 23.7. The molecule has 0 spiro atoms. The first-order valence-corrected chi connectivity index (χ1v) is 11.5. The predicted molar refractivity (Wildman–Crippen MR) is 126 cm³/mol. The van der Waals surface area contributed by atoms with Crippen LogP contribution in [0.4, 0.5) is 0 Å². The molecule has 0 bridgehead atoms. The van der Waals surface area contributed by atoms with Crippen LogP contribution in [0.3, 0.4) is 0 Å². The molecule has 1 heterocycles. The van der Waals surface area contributed by atoms with Crippen molar-refractivity contribution < 1.29 is 23.7 Å². The van der Waals surface area contributed by atoms with Crippen molar-refractivity contribution in [2.45, 2.75) is 26.3 Å². The summed E-state index contributed by atoms with van der Waals surface area (Å²) in [5, 5.41) is 7.22. The van der Waals surface area contributed by atoms with E-state index in [0.717, 1.165) is 17.5 Å². The van der Waals surface area contributed by atoms with E-state index < -0.39 is 0 Å². The number of ether oxygens (including phenoxy) is 4. The highest BCUT2D eigenvalue weighted by molar-refractivity contribution is 5.94. The molecule has 0 aliphatic carbocycles. The van der Waals surface area contributed by atoms with Gasteiger partial charge in [-0.3, -0.25) is 9.48 Å². The van der Waals surface area contributed by atoms with Crippen LogP contribution in [0.25, 0.3) is 0 Å². The number of aryl methyl sites for hydroxylation is 1. The number of hydrogen-bond donors (Lipinski definition) is 2. The van der Waals surface area contributed by atoms with Gasteiger partial charge in [-0.2, -0.15) is 5.10 Å². The summed E-state index contributed by atoms with van der Waals surface area (Å²) in [5.74, 6) is -0.117. The molecule has 1 atom stereocenters. The number of nitrogens with two attached hydrogens (primary N) is 1. The second-order valence-electron chi connectivity index (χ2n) is 7.64. The Kier molecular flexibility index (Phi) is 13.3. The minimum Gasteiger partial charge on any atom is -0.379 e. The van der Waals surface area contributed by atoms with E-state index >= 15 is 0 Å². The van der Waals surface area contributed by atoms with Crippen LogP contribution >= 0.6 is 0 Å². The quantitative estimate of drug-likeness (QED) is 0.326. The van der Waals surface area contributed by atoms with Gasteiger partial charge in [0.15, 0.2) is 0 Å². The van der Waals surface area contributed by atoms with E-state index in [1.54, 1.807) is 0 Å². The Morgan fingerprint density at radius 3 is 2.09 bits per heavy atom. The largest absolute Gasteiger partial charge is 0.379 e. The molecule has 184 valence electrons. The Morgan fingerprint density at radius 2 is 1.55 bits per heavy atom. The Bertz CT molecular complexity index is 781. The molecule has 0 aliphatic rings. The lowest BCUT2D eigenvalue weighted by Crippen LogP contribution is -2.27. The molecule has 0 saturated carbocycles. The summed E-state index contributed by atoms with van der Waals surface area (Å²) in [4.78, 5) is 12.3. The Hall–Kier alpha value is -2.30. The van der Waals surface area contributed by atoms with Gasteiger partial charge in [-0.1, -0.05) is 12.1 Å². The standard InChI is InChI=1S/C24H38N4O5/c1-20-18-27-28(19-20)21(2)22-4-6-23(7-5-22)24(29)26-9-11-31-13-15-33-17-16-32-14-12-30-10-3-8-25/h4-7,18-19,21H,3,8-17,25H2,1-2H3,(H,26,29). The zero-order valence-electron chi connectivity index (χ0n) is 19.8. The number of hydrogen-bond acceptors (Lipinski definition) is 7. The van der Waals surface area contributed by atoms with E-state index in [4.69, 9.17) is 24.7 Å². The van der Waals surface area contributed by atoms with Crippen LogP contribution in [0, 0.1) is 6.92 Å². The van der Waals surface area contributed by atoms with Gasteiger partial charge < -0.3 is 30.0 Å². The molecule has 1 amide bonds. The van der Waals surface area contributed by atoms with Crippen LogP contribution in [0.5, 0.6) is 0 Å². The van der Waals surface area contributed by atoms with Gasteiger partial charge in [-0.15, -0.1) is 0 Å². The average molecular weight is 463 g/mol. The fourth-order valence-corrected chi connectivity index (χ4v) is 3.00. The van der Waals surface area contributed by atoms with Crippen molar-refractivity contribution in [1.82, 2.24) is 15.1 Å². The van der Waals surface area contributed by atoms with Crippen LogP contribution in [0.15, 0.2) is 36.7 Å². The SMILES string of the molecule is Cc1cnn(C(C)c2ccc(C(=O)NCCOCCOCCOCCOCCCN)cc2)c1. The Morgan fingerprint density at radius 1 is 0.970 bits per heavy atom. The lowest BCUT2D eigenvalue weighted by atomic mass is 10.1. The minimum absolute atomic E-state index is 0.110. The number of benzene rings is 1. The third-order valence-electron chi connectivity index (χ3n) is 4.92. The summed E-state index contributed by atoms with van der Waals surface area (Å²) in [7, 11) is 0. The number of nitrogens with zero attached hydrogens (tertiary/aromatic N) is 2. The number of rotatable bonds is 18. The molecule has 0 radical (unpaired) electrons. The lowest BCUT2D eigenvalue weighted by molar-refractivity contribution is -0.00145. The maximum atomic E-state index is 12.3. The molecule has 0 aliphatic heterocycles. The van der Waals surface area contributed by atoms with Crippen molar-refractivity contribution in [3.05, 3.63) is 53.3 Å². The lowest BCUT2D eigenvalue weighted by Gasteiger charge is -2.13. The van der Waals surface area contributed by atoms with Crippen LogP contribution in [-0.2, 0) is 18.9 Å².